The van der Waals surface area contributed by atoms with Crippen LogP contribution >= 0.6 is 0 Å². The molecule has 1 aromatic heterocycles. The van der Waals surface area contributed by atoms with Crippen molar-refractivity contribution < 1.29 is 22.7 Å². The Balaban J connectivity index is 2.00. The zero-order valence-corrected chi connectivity index (χ0v) is 10.2. The number of aliphatic hydroxyl groups excluding tert-OH is 1. The highest BCUT2D eigenvalue weighted by atomic mass is 19.4. The highest BCUT2D eigenvalue weighted by molar-refractivity contribution is 5.16. The first-order valence-electron chi connectivity index (χ1n) is 6.23. The molecule has 1 saturated carbocycles. The summed E-state index contributed by atoms with van der Waals surface area (Å²) in [5, 5.41) is 10.1. The molecule has 1 aliphatic rings. The van der Waals surface area contributed by atoms with E-state index in [4.69, 9.17) is 0 Å². The van der Waals surface area contributed by atoms with Gasteiger partial charge in [0.1, 0.15) is 5.82 Å². The van der Waals surface area contributed by atoms with Crippen molar-refractivity contribution in [2.75, 3.05) is 0 Å². The molecule has 1 unspecified atom stereocenters. The monoisotopic (exact) mass is 277 g/mol. The zero-order chi connectivity index (χ0) is 14.0. The smallest absolute Gasteiger partial charge is 0.388 e. The summed E-state index contributed by atoms with van der Waals surface area (Å²) in [5.41, 5.74) is 0.116. The fraction of sp³-hybridized carbons (Fsp3) is 0.615. The summed E-state index contributed by atoms with van der Waals surface area (Å²) in [6.07, 6.45) is -2.35. The van der Waals surface area contributed by atoms with Gasteiger partial charge < -0.3 is 5.11 Å². The minimum atomic E-state index is -4.17. The van der Waals surface area contributed by atoms with Crippen molar-refractivity contribution in [1.29, 1.82) is 0 Å². The zero-order valence-electron chi connectivity index (χ0n) is 10.2. The molecule has 0 aliphatic heterocycles. The van der Waals surface area contributed by atoms with Gasteiger partial charge in [-0.1, -0.05) is 0 Å². The van der Waals surface area contributed by atoms with Gasteiger partial charge in [-0.3, -0.25) is 4.98 Å². The van der Waals surface area contributed by atoms with E-state index in [0.29, 0.717) is 0 Å². The van der Waals surface area contributed by atoms with Gasteiger partial charge in [-0.25, -0.2) is 4.39 Å². The van der Waals surface area contributed by atoms with Gasteiger partial charge in [-0.05, 0) is 37.7 Å². The third kappa shape index (κ3) is 3.23. The van der Waals surface area contributed by atoms with Crippen molar-refractivity contribution in [2.45, 2.75) is 38.0 Å². The lowest BCUT2D eigenvalue weighted by Crippen LogP contribution is -2.29. The first-order valence-corrected chi connectivity index (χ1v) is 6.23. The second-order valence-corrected chi connectivity index (χ2v) is 5.00. The number of halogens is 4. The van der Waals surface area contributed by atoms with Crippen molar-refractivity contribution in [3.63, 3.8) is 0 Å². The lowest BCUT2D eigenvalue weighted by atomic mass is 9.77. The molecule has 1 N–H and O–H groups in total. The van der Waals surface area contributed by atoms with Crippen LogP contribution in [0.25, 0.3) is 0 Å². The van der Waals surface area contributed by atoms with Crippen molar-refractivity contribution in [2.24, 2.45) is 11.8 Å². The van der Waals surface area contributed by atoms with E-state index in [1.807, 2.05) is 0 Å². The van der Waals surface area contributed by atoms with Gasteiger partial charge in [-0.2, -0.15) is 13.2 Å². The number of hydrogen-bond donors (Lipinski definition) is 1. The predicted octanol–water partition coefficient (Wildman–Crippen LogP) is 3.62. The average Bonchev–Trinajstić information content (AvgIpc) is 2.38. The van der Waals surface area contributed by atoms with E-state index < -0.39 is 24.0 Å². The Hall–Kier alpha value is -1.17. The fourth-order valence-corrected chi connectivity index (χ4v) is 2.64. The van der Waals surface area contributed by atoms with Crippen LogP contribution in [0.15, 0.2) is 18.5 Å². The molecule has 2 nitrogen and oxygen atoms in total. The molecule has 1 heterocycles. The summed E-state index contributed by atoms with van der Waals surface area (Å²) in [5.74, 6) is -2.23. The standard InChI is InChI=1S/C13H15F4NO/c14-11-7-18-6-5-10(11)12(19)8-1-3-9(4-2-8)13(15,16)17/h5-9,12,19H,1-4H2. The van der Waals surface area contributed by atoms with Crippen molar-refractivity contribution >= 4 is 0 Å². The molecule has 1 aliphatic carbocycles. The third-order valence-corrected chi connectivity index (χ3v) is 3.80. The summed E-state index contributed by atoms with van der Waals surface area (Å²) >= 11 is 0. The molecule has 0 radical (unpaired) electrons. The second kappa shape index (κ2) is 5.45. The molecule has 1 fully saturated rings. The van der Waals surface area contributed by atoms with Gasteiger partial charge in [0.25, 0.3) is 0 Å². The summed E-state index contributed by atoms with van der Waals surface area (Å²) in [6, 6.07) is 1.37. The number of nitrogens with zero attached hydrogens (tertiary/aromatic N) is 1. The SMILES string of the molecule is OC(c1ccncc1F)C1CCC(C(F)(F)F)CC1. The number of alkyl halides is 3. The molecule has 1 aromatic rings. The number of aromatic nitrogens is 1. The Morgan fingerprint density at radius 2 is 1.84 bits per heavy atom. The van der Waals surface area contributed by atoms with Gasteiger partial charge in [0.15, 0.2) is 0 Å². The summed E-state index contributed by atoms with van der Waals surface area (Å²) in [6.45, 7) is 0. The summed E-state index contributed by atoms with van der Waals surface area (Å²) in [7, 11) is 0. The number of hydrogen-bond acceptors (Lipinski definition) is 2. The van der Waals surface area contributed by atoms with E-state index in [-0.39, 0.29) is 37.2 Å². The van der Waals surface area contributed by atoms with Gasteiger partial charge in [0.05, 0.1) is 18.2 Å². The number of aliphatic hydroxyl groups is 1. The van der Waals surface area contributed by atoms with Crippen LogP contribution < -0.4 is 0 Å². The Bertz CT molecular complexity index is 427. The summed E-state index contributed by atoms with van der Waals surface area (Å²) < 4.78 is 51.0. The first-order chi connectivity index (χ1) is 8.89. The molecule has 6 heteroatoms. The molecule has 0 bridgehead atoms. The van der Waals surface area contributed by atoms with Crippen LogP contribution in [0.2, 0.25) is 0 Å². The number of rotatable bonds is 2. The van der Waals surface area contributed by atoms with Crippen LogP contribution in [0.1, 0.15) is 37.4 Å². The Labute approximate surface area is 108 Å². The van der Waals surface area contributed by atoms with E-state index in [0.717, 1.165) is 6.20 Å². The van der Waals surface area contributed by atoms with Crippen molar-refractivity contribution in [1.82, 2.24) is 4.98 Å². The Morgan fingerprint density at radius 1 is 1.21 bits per heavy atom. The average molecular weight is 277 g/mol. The van der Waals surface area contributed by atoms with Crippen LogP contribution in [0.3, 0.4) is 0 Å². The van der Waals surface area contributed by atoms with Gasteiger partial charge in [-0.15, -0.1) is 0 Å². The second-order valence-electron chi connectivity index (χ2n) is 5.00. The van der Waals surface area contributed by atoms with Crippen LogP contribution in [-0.4, -0.2) is 16.3 Å². The summed E-state index contributed by atoms with van der Waals surface area (Å²) in [4.78, 5) is 3.58. The van der Waals surface area contributed by atoms with E-state index in [9.17, 15) is 22.7 Å². The molecular weight excluding hydrogens is 262 g/mol. The quantitative estimate of drug-likeness (QED) is 0.837. The maximum atomic E-state index is 13.5. The lowest BCUT2D eigenvalue weighted by Gasteiger charge is -2.32. The molecule has 0 saturated heterocycles. The lowest BCUT2D eigenvalue weighted by molar-refractivity contribution is -0.185. The molecule has 19 heavy (non-hydrogen) atoms. The molecular formula is C13H15F4NO. The molecule has 0 amide bonds. The van der Waals surface area contributed by atoms with E-state index in [1.54, 1.807) is 0 Å². The molecule has 0 aromatic carbocycles. The maximum absolute atomic E-state index is 13.5. The first kappa shape index (κ1) is 14.2. The van der Waals surface area contributed by atoms with Crippen LogP contribution in [0.4, 0.5) is 17.6 Å². The Kier molecular flexibility index (Phi) is 4.08. The van der Waals surface area contributed by atoms with E-state index in [2.05, 4.69) is 4.98 Å². The molecule has 1 atom stereocenters. The minimum Gasteiger partial charge on any atom is -0.388 e. The van der Waals surface area contributed by atoms with Gasteiger partial charge in [0, 0.05) is 11.8 Å². The van der Waals surface area contributed by atoms with Crippen LogP contribution in [0.5, 0.6) is 0 Å². The highest BCUT2D eigenvalue weighted by Crippen LogP contribution is 2.43. The van der Waals surface area contributed by atoms with Gasteiger partial charge >= 0.3 is 6.18 Å². The molecule has 2 rings (SSSR count). The highest BCUT2D eigenvalue weighted by Gasteiger charge is 2.42. The van der Waals surface area contributed by atoms with E-state index >= 15 is 0 Å². The topological polar surface area (TPSA) is 33.1 Å². The molecule has 106 valence electrons. The van der Waals surface area contributed by atoms with Crippen LogP contribution in [0, 0.1) is 17.7 Å². The largest absolute Gasteiger partial charge is 0.391 e. The van der Waals surface area contributed by atoms with Crippen molar-refractivity contribution in [3.8, 4) is 0 Å². The molecule has 0 spiro atoms. The van der Waals surface area contributed by atoms with E-state index in [1.165, 1.54) is 12.3 Å². The Morgan fingerprint density at radius 3 is 2.37 bits per heavy atom. The van der Waals surface area contributed by atoms with Crippen molar-refractivity contribution in [3.05, 3.63) is 29.8 Å². The fourth-order valence-electron chi connectivity index (χ4n) is 2.64. The third-order valence-electron chi connectivity index (χ3n) is 3.80. The van der Waals surface area contributed by atoms with Gasteiger partial charge in [0.2, 0.25) is 0 Å². The normalized spacial score (nSPS) is 26.2. The number of pyridine rings is 1. The maximum Gasteiger partial charge on any atom is 0.391 e. The minimum absolute atomic E-state index is 0.00205. The predicted molar refractivity (Wildman–Crippen MR) is 60.7 cm³/mol. The van der Waals surface area contributed by atoms with Crippen LogP contribution in [-0.2, 0) is 0 Å².